The van der Waals surface area contributed by atoms with E-state index >= 15 is 0 Å². The number of aryl methyl sites for hydroxylation is 1. The summed E-state index contributed by atoms with van der Waals surface area (Å²) in [5.41, 5.74) is 1.75. The largest absolute Gasteiger partial charge is 0.453 e. The van der Waals surface area contributed by atoms with Crippen LogP contribution < -0.4 is 9.80 Å². The number of piperidine rings is 1. The minimum absolute atomic E-state index is 0.0371. The molecule has 3 heterocycles. The molecule has 0 spiro atoms. The Morgan fingerprint density at radius 3 is 2.61 bits per heavy atom. The molecule has 148 valence electrons. The Bertz CT molecular complexity index is 969. The van der Waals surface area contributed by atoms with E-state index in [1.165, 1.54) is 4.52 Å². The second-order valence-corrected chi connectivity index (χ2v) is 7.09. The van der Waals surface area contributed by atoms with Gasteiger partial charge < -0.3 is 9.80 Å². The monoisotopic (exact) mass is 390 g/mol. The summed E-state index contributed by atoms with van der Waals surface area (Å²) in [6.45, 7) is 3.49. The van der Waals surface area contributed by atoms with E-state index < -0.39 is 12.0 Å². The number of alkyl halides is 3. The van der Waals surface area contributed by atoms with Crippen molar-refractivity contribution in [1.82, 2.24) is 19.6 Å². The lowest BCUT2D eigenvalue weighted by atomic mass is 10.0. The fraction of sp³-hybridized carbons (Fsp3) is 0.421. The Morgan fingerprint density at radius 1 is 1.14 bits per heavy atom. The summed E-state index contributed by atoms with van der Waals surface area (Å²) in [6.07, 6.45) is -2.65. The van der Waals surface area contributed by atoms with Crippen LogP contribution in [0.15, 0.2) is 36.4 Å². The van der Waals surface area contributed by atoms with Gasteiger partial charge in [0, 0.05) is 43.6 Å². The molecular weight excluding hydrogens is 369 g/mol. The molecule has 0 N–H and O–H groups in total. The molecule has 1 aliphatic rings. The normalized spacial score (nSPS) is 17.9. The highest BCUT2D eigenvalue weighted by Crippen LogP contribution is 2.29. The number of rotatable bonds is 3. The number of para-hydroxylation sites is 1. The molecule has 1 fully saturated rings. The highest BCUT2D eigenvalue weighted by molar-refractivity contribution is 5.51. The molecule has 1 unspecified atom stereocenters. The summed E-state index contributed by atoms with van der Waals surface area (Å²) < 4.78 is 40.4. The molecule has 0 bridgehead atoms. The first-order valence-corrected chi connectivity index (χ1v) is 9.17. The van der Waals surface area contributed by atoms with Crippen molar-refractivity contribution in [3.8, 4) is 0 Å². The van der Waals surface area contributed by atoms with E-state index in [0.29, 0.717) is 11.5 Å². The van der Waals surface area contributed by atoms with Crippen LogP contribution in [0.4, 0.5) is 24.7 Å². The van der Waals surface area contributed by atoms with E-state index in [4.69, 9.17) is 0 Å². The number of anilines is 2. The molecule has 0 radical (unpaired) electrons. The van der Waals surface area contributed by atoms with E-state index in [1.807, 2.05) is 30.1 Å². The highest BCUT2D eigenvalue weighted by Gasteiger charge is 2.37. The molecule has 3 aromatic rings. The Morgan fingerprint density at radius 2 is 1.89 bits per heavy atom. The number of hydrogen-bond acceptors (Lipinski definition) is 5. The van der Waals surface area contributed by atoms with Crippen molar-refractivity contribution >= 4 is 17.3 Å². The fourth-order valence-electron chi connectivity index (χ4n) is 3.67. The van der Waals surface area contributed by atoms with Crippen molar-refractivity contribution in [3.63, 3.8) is 0 Å². The lowest BCUT2D eigenvalue weighted by molar-refractivity contribution is -0.144. The van der Waals surface area contributed by atoms with Crippen LogP contribution in [0.3, 0.4) is 0 Å². The highest BCUT2D eigenvalue weighted by atomic mass is 19.4. The van der Waals surface area contributed by atoms with Crippen LogP contribution >= 0.6 is 0 Å². The van der Waals surface area contributed by atoms with Gasteiger partial charge >= 0.3 is 6.18 Å². The van der Waals surface area contributed by atoms with Crippen LogP contribution in [-0.2, 0) is 6.18 Å². The molecule has 6 nitrogen and oxygen atoms in total. The zero-order valence-corrected chi connectivity index (χ0v) is 15.7. The first-order valence-electron chi connectivity index (χ1n) is 9.17. The number of fused-ring (bicyclic) bond motifs is 1. The predicted octanol–water partition coefficient (Wildman–Crippen LogP) is 3.56. The lowest BCUT2D eigenvalue weighted by Gasteiger charge is -2.39. The molecule has 1 atom stereocenters. The van der Waals surface area contributed by atoms with Gasteiger partial charge in [0.25, 0.3) is 11.6 Å². The molecular formula is C19H21F3N6. The molecule has 1 saturated heterocycles. The minimum Gasteiger partial charge on any atom is -0.369 e. The van der Waals surface area contributed by atoms with Crippen LogP contribution in [0.5, 0.6) is 0 Å². The maximum atomic E-state index is 13.1. The molecule has 0 saturated carbocycles. The van der Waals surface area contributed by atoms with Gasteiger partial charge in [0.05, 0.1) is 0 Å². The molecule has 2 aromatic heterocycles. The maximum absolute atomic E-state index is 13.1. The van der Waals surface area contributed by atoms with Crippen LogP contribution in [0.25, 0.3) is 5.78 Å². The second-order valence-electron chi connectivity index (χ2n) is 7.09. The molecule has 4 rings (SSSR count). The molecule has 9 heteroatoms. The van der Waals surface area contributed by atoms with Crippen molar-refractivity contribution in [2.24, 2.45) is 0 Å². The summed E-state index contributed by atoms with van der Waals surface area (Å²) in [7, 11) is 1.89. The van der Waals surface area contributed by atoms with Crippen molar-refractivity contribution in [3.05, 3.63) is 47.9 Å². The zero-order valence-electron chi connectivity index (χ0n) is 15.7. The smallest absolute Gasteiger partial charge is 0.369 e. The Balaban J connectivity index is 1.66. The van der Waals surface area contributed by atoms with Crippen LogP contribution in [0.1, 0.15) is 24.4 Å². The van der Waals surface area contributed by atoms with Gasteiger partial charge in [-0.05, 0) is 31.9 Å². The van der Waals surface area contributed by atoms with Crippen molar-refractivity contribution in [2.75, 3.05) is 29.9 Å². The Kier molecular flexibility index (Phi) is 4.60. The van der Waals surface area contributed by atoms with E-state index in [0.717, 1.165) is 31.6 Å². The summed E-state index contributed by atoms with van der Waals surface area (Å²) >= 11 is 0. The molecule has 0 aliphatic carbocycles. The first kappa shape index (κ1) is 18.5. The predicted molar refractivity (Wildman–Crippen MR) is 101 cm³/mol. The van der Waals surface area contributed by atoms with Gasteiger partial charge in [0.2, 0.25) is 0 Å². The fourth-order valence-corrected chi connectivity index (χ4v) is 3.67. The third kappa shape index (κ3) is 3.48. The van der Waals surface area contributed by atoms with Gasteiger partial charge in [0.1, 0.15) is 5.82 Å². The lowest BCUT2D eigenvalue weighted by Crippen LogP contribution is -2.47. The van der Waals surface area contributed by atoms with Crippen LogP contribution in [0, 0.1) is 6.92 Å². The number of aromatic nitrogens is 4. The summed E-state index contributed by atoms with van der Waals surface area (Å²) in [5.74, 6) is -0.648. The summed E-state index contributed by atoms with van der Waals surface area (Å²) in [5, 5.41) is 3.68. The standard InChI is InChI=1S/C19H21F3N6/c1-13-11-16(28-18(23-13)24-17(25-28)19(20,21)22)26(2)15-9-6-10-27(12-15)14-7-4-3-5-8-14/h3-5,7-8,11,15H,6,9-10,12H2,1-2H3. The summed E-state index contributed by atoms with van der Waals surface area (Å²) in [4.78, 5) is 12.0. The van der Waals surface area contributed by atoms with E-state index in [-0.39, 0.29) is 11.8 Å². The third-order valence-corrected chi connectivity index (χ3v) is 5.10. The quantitative estimate of drug-likeness (QED) is 0.685. The molecule has 1 aliphatic heterocycles. The zero-order chi connectivity index (χ0) is 19.9. The van der Waals surface area contributed by atoms with Crippen molar-refractivity contribution < 1.29 is 13.2 Å². The van der Waals surface area contributed by atoms with Crippen LogP contribution in [0.2, 0.25) is 0 Å². The van der Waals surface area contributed by atoms with Gasteiger partial charge in [0.15, 0.2) is 0 Å². The summed E-state index contributed by atoms with van der Waals surface area (Å²) in [6, 6.07) is 12.0. The number of nitrogens with zero attached hydrogens (tertiary/aromatic N) is 6. The minimum atomic E-state index is -4.60. The molecule has 28 heavy (non-hydrogen) atoms. The Hall–Kier alpha value is -2.84. The molecule has 0 amide bonds. The van der Waals surface area contributed by atoms with Gasteiger partial charge in [-0.25, -0.2) is 4.98 Å². The van der Waals surface area contributed by atoms with Gasteiger partial charge in [-0.1, -0.05) is 18.2 Å². The van der Waals surface area contributed by atoms with Gasteiger partial charge in [-0.15, -0.1) is 5.10 Å². The number of halogens is 3. The SMILES string of the molecule is Cc1cc(N(C)C2CCCN(c3ccccc3)C2)n2nc(C(F)(F)F)nc2n1. The van der Waals surface area contributed by atoms with Crippen molar-refractivity contribution in [1.29, 1.82) is 0 Å². The van der Waals surface area contributed by atoms with Crippen molar-refractivity contribution in [2.45, 2.75) is 32.0 Å². The van der Waals surface area contributed by atoms with E-state index in [2.05, 4.69) is 32.1 Å². The van der Waals surface area contributed by atoms with E-state index in [1.54, 1.807) is 13.0 Å². The topological polar surface area (TPSA) is 49.6 Å². The third-order valence-electron chi connectivity index (χ3n) is 5.10. The van der Waals surface area contributed by atoms with Gasteiger partial charge in [-0.3, -0.25) is 0 Å². The number of hydrogen-bond donors (Lipinski definition) is 0. The van der Waals surface area contributed by atoms with E-state index in [9.17, 15) is 13.2 Å². The number of benzene rings is 1. The Labute approximate surface area is 160 Å². The maximum Gasteiger partial charge on any atom is 0.453 e. The van der Waals surface area contributed by atoms with Crippen LogP contribution in [-0.4, -0.2) is 45.8 Å². The molecule has 1 aromatic carbocycles. The number of likely N-dealkylation sites (N-methyl/N-ethyl adjacent to an activating group) is 1. The average molecular weight is 390 g/mol. The van der Waals surface area contributed by atoms with Gasteiger partial charge in [-0.2, -0.15) is 22.7 Å². The average Bonchev–Trinajstić information content (AvgIpc) is 3.12. The second kappa shape index (κ2) is 6.96. The first-order chi connectivity index (χ1) is 13.3.